The fraction of sp³-hybridized carbons (Fsp3) is 0.562. The minimum absolute atomic E-state index is 0.188. The van der Waals surface area contributed by atoms with Crippen LogP contribution in [-0.4, -0.2) is 42.5 Å². The number of carbonyl (C=O) groups excluding carboxylic acids is 1. The largest absolute Gasteiger partial charge is 0.352 e. The Morgan fingerprint density at radius 1 is 1.35 bits per heavy atom. The maximum absolute atomic E-state index is 12.0. The van der Waals surface area contributed by atoms with Gasteiger partial charge in [-0.15, -0.1) is 0 Å². The van der Waals surface area contributed by atoms with Crippen LogP contribution in [0.25, 0.3) is 0 Å². The Balaban J connectivity index is 1.52. The minimum atomic E-state index is 0.188. The molecule has 2 atom stereocenters. The van der Waals surface area contributed by atoms with Gasteiger partial charge in [-0.3, -0.25) is 9.69 Å². The molecule has 0 aliphatic carbocycles. The molecule has 1 amide bonds. The number of amides is 1. The van der Waals surface area contributed by atoms with Gasteiger partial charge in [-0.1, -0.05) is 30.3 Å². The standard InChI is InChI=1S/C16H23N3O/c1-12-7-15(18-16(20)14-8-17-9-14)11-19(12)10-13-5-3-2-4-6-13/h2-6,12,14-15,17H,7-11H2,1H3,(H,18,20). The second kappa shape index (κ2) is 5.94. The summed E-state index contributed by atoms with van der Waals surface area (Å²) in [7, 11) is 0. The summed E-state index contributed by atoms with van der Waals surface area (Å²) in [6.45, 7) is 5.85. The summed E-state index contributed by atoms with van der Waals surface area (Å²) < 4.78 is 0. The zero-order chi connectivity index (χ0) is 13.9. The number of carbonyl (C=O) groups is 1. The molecule has 20 heavy (non-hydrogen) atoms. The zero-order valence-electron chi connectivity index (χ0n) is 12.0. The topological polar surface area (TPSA) is 44.4 Å². The number of nitrogens with zero attached hydrogens (tertiary/aromatic N) is 1. The highest BCUT2D eigenvalue weighted by Gasteiger charge is 2.32. The summed E-state index contributed by atoms with van der Waals surface area (Å²) in [5, 5.41) is 6.35. The summed E-state index contributed by atoms with van der Waals surface area (Å²) >= 11 is 0. The minimum Gasteiger partial charge on any atom is -0.352 e. The number of rotatable bonds is 4. The van der Waals surface area contributed by atoms with Crippen molar-refractivity contribution in [3.05, 3.63) is 35.9 Å². The fourth-order valence-electron chi connectivity index (χ4n) is 3.03. The van der Waals surface area contributed by atoms with Crippen molar-refractivity contribution in [1.82, 2.24) is 15.5 Å². The van der Waals surface area contributed by atoms with Gasteiger partial charge in [-0.2, -0.15) is 0 Å². The van der Waals surface area contributed by atoms with Crippen molar-refractivity contribution < 1.29 is 4.79 Å². The van der Waals surface area contributed by atoms with E-state index in [1.165, 1.54) is 5.56 Å². The molecule has 2 fully saturated rings. The molecule has 0 radical (unpaired) electrons. The van der Waals surface area contributed by atoms with Crippen LogP contribution >= 0.6 is 0 Å². The van der Waals surface area contributed by atoms with E-state index in [-0.39, 0.29) is 11.8 Å². The van der Waals surface area contributed by atoms with E-state index in [4.69, 9.17) is 0 Å². The molecule has 2 saturated heterocycles. The van der Waals surface area contributed by atoms with E-state index >= 15 is 0 Å². The van der Waals surface area contributed by atoms with Crippen LogP contribution in [0.4, 0.5) is 0 Å². The smallest absolute Gasteiger partial charge is 0.225 e. The van der Waals surface area contributed by atoms with Crippen molar-refractivity contribution in [2.24, 2.45) is 5.92 Å². The lowest BCUT2D eigenvalue weighted by atomic mass is 10.0. The summed E-state index contributed by atoms with van der Waals surface area (Å²) in [6, 6.07) is 11.4. The van der Waals surface area contributed by atoms with Gasteiger partial charge in [0.25, 0.3) is 0 Å². The molecule has 4 heteroatoms. The Kier molecular flexibility index (Phi) is 4.03. The molecule has 2 unspecified atom stereocenters. The summed E-state index contributed by atoms with van der Waals surface area (Å²) in [5.74, 6) is 0.413. The van der Waals surface area contributed by atoms with E-state index in [1.54, 1.807) is 0 Å². The summed E-state index contributed by atoms with van der Waals surface area (Å²) in [5.41, 5.74) is 1.34. The van der Waals surface area contributed by atoms with E-state index in [1.807, 2.05) is 6.07 Å². The Morgan fingerprint density at radius 3 is 2.75 bits per heavy atom. The zero-order valence-corrected chi connectivity index (χ0v) is 12.0. The first-order valence-electron chi connectivity index (χ1n) is 7.51. The molecule has 0 saturated carbocycles. The van der Waals surface area contributed by atoms with Gasteiger partial charge in [0.15, 0.2) is 0 Å². The van der Waals surface area contributed by atoms with E-state index in [0.717, 1.165) is 32.6 Å². The van der Waals surface area contributed by atoms with E-state index < -0.39 is 0 Å². The van der Waals surface area contributed by atoms with Crippen molar-refractivity contribution in [3.63, 3.8) is 0 Å². The summed E-state index contributed by atoms with van der Waals surface area (Å²) in [6.07, 6.45) is 1.05. The number of nitrogens with one attached hydrogen (secondary N) is 2. The predicted molar refractivity (Wildman–Crippen MR) is 79.2 cm³/mol. The number of hydrogen-bond acceptors (Lipinski definition) is 3. The molecule has 2 N–H and O–H groups in total. The predicted octanol–water partition coefficient (Wildman–Crippen LogP) is 0.985. The highest BCUT2D eigenvalue weighted by Crippen LogP contribution is 2.20. The normalized spacial score (nSPS) is 27.2. The molecule has 1 aromatic carbocycles. The molecule has 0 aromatic heterocycles. The fourth-order valence-corrected chi connectivity index (χ4v) is 3.03. The maximum atomic E-state index is 12.0. The lowest BCUT2D eigenvalue weighted by molar-refractivity contribution is -0.127. The molecule has 2 heterocycles. The third-order valence-corrected chi connectivity index (χ3v) is 4.43. The van der Waals surface area contributed by atoms with Crippen LogP contribution in [0.5, 0.6) is 0 Å². The number of benzene rings is 1. The first-order valence-corrected chi connectivity index (χ1v) is 7.51. The van der Waals surface area contributed by atoms with Crippen molar-refractivity contribution in [3.8, 4) is 0 Å². The van der Waals surface area contributed by atoms with Gasteiger partial charge >= 0.3 is 0 Å². The molecule has 2 aliphatic heterocycles. The second-order valence-corrected chi connectivity index (χ2v) is 6.06. The van der Waals surface area contributed by atoms with E-state index in [9.17, 15) is 4.79 Å². The van der Waals surface area contributed by atoms with Crippen LogP contribution in [0.2, 0.25) is 0 Å². The van der Waals surface area contributed by atoms with Gasteiger partial charge in [0.05, 0.1) is 5.92 Å². The van der Waals surface area contributed by atoms with E-state index in [0.29, 0.717) is 12.1 Å². The SMILES string of the molecule is CC1CC(NC(=O)C2CNC2)CN1Cc1ccccc1. The van der Waals surface area contributed by atoms with Crippen LogP contribution in [0, 0.1) is 5.92 Å². The van der Waals surface area contributed by atoms with Crippen LogP contribution in [0.1, 0.15) is 18.9 Å². The third-order valence-electron chi connectivity index (χ3n) is 4.43. The van der Waals surface area contributed by atoms with Crippen LogP contribution in [0.15, 0.2) is 30.3 Å². The quantitative estimate of drug-likeness (QED) is 0.860. The van der Waals surface area contributed by atoms with Crippen LogP contribution in [0.3, 0.4) is 0 Å². The van der Waals surface area contributed by atoms with Crippen molar-refractivity contribution in [2.75, 3.05) is 19.6 Å². The molecule has 1 aromatic rings. The lowest BCUT2D eigenvalue weighted by Crippen LogP contribution is -2.53. The Morgan fingerprint density at radius 2 is 2.10 bits per heavy atom. The Bertz CT molecular complexity index is 458. The van der Waals surface area contributed by atoms with Crippen molar-refractivity contribution >= 4 is 5.91 Å². The average Bonchev–Trinajstić information content (AvgIpc) is 2.68. The second-order valence-electron chi connectivity index (χ2n) is 6.06. The molecule has 3 rings (SSSR count). The van der Waals surface area contributed by atoms with Crippen molar-refractivity contribution in [2.45, 2.75) is 32.0 Å². The molecule has 2 aliphatic rings. The Hall–Kier alpha value is -1.39. The highest BCUT2D eigenvalue weighted by atomic mass is 16.2. The molecule has 0 bridgehead atoms. The number of hydrogen-bond donors (Lipinski definition) is 2. The molecule has 0 spiro atoms. The maximum Gasteiger partial charge on any atom is 0.225 e. The van der Waals surface area contributed by atoms with Crippen molar-refractivity contribution in [1.29, 1.82) is 0 Å². The monoisotopic (exact) mass is 273 g/mol. The molecule has 108 valence electrons. The van der Waals surface area contributed by atoms with Gasteiger partial charge in [-0.05, 0) is 18.9 Å². The van der Waals surface area contributed by atoms with Crippen LogP contribution < -0.4 is 10.6 Å². The van der Waals surface area contributed by atoms with Gasteiger partial charge in [0.2, 0.25) is 5.91 Å². The van der Waals surface area contributed by atoms with Gasteiger partial charge < -0.3 is 10.6 Å². The summed E-state index contributed by atoms with van der Waals surface area (Å²) in [4.78, 5) is 14.4. The van der Waals surface area contributed by atoms with Gasteiger partial charge in [0.1, 0.15) is 0 Å². The Labute approximate surface area is 120 Å². The molecular weight excluding hydrogens is 250 g/mol. The number of likely N-dealkylation sites (tertiary alicyclic amines) is 1. The first kappa shape index (κ1) is 13.6. The molecule has 4 nitrogen and oxygen atoms in total. The van der Waals surface area contributed by atoms with E-state index in [2.05, 4.69) is 46.7 Å². The third kappa shape index (κ3) is 3.02. The van der Waals surface area contributed by atoms with Gasteiger partial charge in [0, 0.05) is 38.3 Å². The first-order chi connectivity index (χ1) is 9.72. The highest BCUT2D eigenvalue weighted by molar-refractivity contribution is 5.80. The molecular formula is C16H23N3O. The lowest BCUT2D eigenvalue weighted by Gasteiger charge is -2.27. The van der Waals surface area contributed by atoms with Crippen LogP contribution in [-0.2, 0) is 11.3 Å². The van der Waals surface area contributed by atoms with Gasteiger partial charge in [-0.25, -0.2) is 0 Å². The average molecular weight is 273 g/mol.